The molecule has 126 valence electrons. The van der Waals surface area contributed by atoms with Crippen LogP contribution in [-0.4, -0.2) is 58.5 Å². The Kier molecular flexibility index (Phi) is 5.76. The number of hydrogen-bond donors (Lipinski definition) is 0. The van der Waals surface area contributed by atoms with E-state index >= 15 is 0 Å². The lowest BCUT2D eigenvalue weighted by molar-refractivity contribution is -0.129. The summed E-state index contributed by atoms with van der Waals surface area (Å²) in [6.45, 7) is 2.26. The summed E-state index contributed by atoms with van der Waals surface area (Å²) < 4.78 is 0. The first-order valence-corrected chi connectivity index (χ1v) is 9.73. The molecule has 1 aliphatic rings. The predicted octanol–water partition coefficient (Wildman–Crippen LogP) is 2.87. The van der Waals surface area contributed by atoms with E-state index in [4.69, 9.17) is 11.6 Å². The Morgan fingerprint density at radius 2 is 1.92 bits per heavy atom. The van der Waals surface area contributed by atoms with Gasteiger partial charge in [0.2, 0.25) is 5.91 Å². The minimum atomic E-state index is 0.0462. The van der Waals surface area contributed by atoms with Crippen LogP contribution in [0.4, 0.5) is 0 Å². The molecule has 0 bridgehead atoms. The van der Waals surface area contributed by atoms with E-state index in [0.29, 0.717) is 42.0 Å². The van der Waals surface area contributed by atoms with Gasteiger partial charge in [-0.25, -0.2) is 4.98 Å². The molecular formula is C16H16ClN3O2S2. The zero-order chi connectivity index (χ0) is 16.9. The molecule has 2 aromatic heterocycles. The highest BCUT2D eigenvalue weighted by Gasteiger charge is 2.25. The van der Waals surface area contributed by atoms with E-state index in [1.165, 1.54) is 23.1 Å². The van der Waals surface area contributed by atoms with E-state index in [-0.39, 0.29) is 11.8 Å². The summed E-state index contributed by atoms with van der Waals surface area (Å²) in [5.41, 5.74) is 0. The van der Waals surface area contributed by atoms with Gasteiger partial charge < -0.3 is 9.80 Å². The quantitative estimate of drug-likeness (QED) is 0.764. The first-order valence-electron chi connectivity index (χ1n) is 7.49. The van der Waals surface area contributed by atoms with Gasteiger partial charge in [0.05, 0.1) is 15.7 Å². The maximum Gasteiger partial charge on any atom is 0.264 e. The van der Waals surface area contributed by atoms with E-state index in [0.717, 1.165) is 4.88 Å². The van der Waals surface area contributed by atoms with Crippen molar-refractivity contribution in [2.24, 2.45) is 0 Å². The van der Waals surface area contributed by atoms with Crippen molar-refractivity contribution >= 4 is 46.5 Å². The standard InChI is InChI=1S/C16H16ClN3O2S2/c17-12-3-1-5-18-15(12)24-11-14(21)19-6-8-20(9-7-19)16(22)13-4-2-10-23-13/h1-5,10H,6-9,11H2. The second kappa shape index (κ2) is 8.00. The van der Waals surface area contributed by atoms with Crippen molar-refractivity contribution in [1.29, 1.82) is 0 Å². The largest absolute Gasteiger partial charge is 0.338 e. The van der Waals surface area contributed by atoms with Crippen molar-refractivity contribution in [2.75, 3.05) is 31.9 Å². The van der Waals surface area contributed by atoms with Crippen molar-refractivity contribution < 1.29 is 9.59 Å². The number of nitrogens with zero attached hydrogens (tertiary/aromatic N) is 3. The number of amides is 2. The SMILES string of the molecule is O=C(CSc1ncccc1Cl)N1CCN(C(=O)c2cccs2)CC1. The topological polar surface area (TPSA) is 53.5 Å². The summed E-state index contributed by atoms with van der Waals surface area (Å²) in [6, 6.07) is 7.23. The lowest BCUT2D eigenvalue weighted by Crippen LogP contribution is -2.51. The van der Waals surface area contributed by atoms with Gasteiger partial charge in [0.15, 0.2) is 0 Å². The van der Waals surface area contributed by atoms with Gasteiger partial charge in [-0.3, -0.25) is 9.59 Å². The third kappa shape index (κ3) is 4.09. The van der Waals surface area contributed by atoms with Crippen molar-refractivity contribution in [3.63, 3.8) is 0 Å². The van der Waals surface area contributed by atoms with E-state index < -0.39 is 0 Å². The third-order valence-electron chi connectivity index (χ3n) is 3.71. The molecule has 0 N–H and O–H groups in total. The van der Waals surface area contributed by atoms with E-state index in [2.05, 4.69) is 4.98 Å². The van der Waals surface area contributed by atoms with Crippen LogP contribution in [0, 0.1) is 0 Å². The van der Waals surface area contributed by atoms with Gasteiger partial charge >= 0.3 is 0 Å². The normalized spacial score (nSPS) is 14.7. The molecule has 8 heteroatoms. The molecule has 3 rings (SSSR count). The number of thiophene rings is 1. The highest BCUT2D eigenvalue weighted by atomic mass is 35.5. The summed E-state index contributed by atoms with van der Waals surface area (Å²) in [5.74, 6) is 0.395. The second-order valence-electron chi connectivity index (χ2n) is 5.23. The Bertz CT molecular complexity index is 716. The Hall–Kier alpha value is -1.57. The van der Waals surface area contributed by atoms with Gasteiger partial charge in [-0.2, -0.15) is 0 Å². The number of pyridine rings is 1. The number of halogens is 1. The smallest absolute Gasteiger partial charge is 0.264 e. The molecule has 0 saturated carbocycles. The molecule has 2 aromatic rings. The average molecular weight is 382 g/mol. The van der Waals surface area contributed by atoms with Gasteiger partial charge in [0.1, 0.15) is 5.03 Å². The van der Waals surface area contributed by atoms with Crippen LogP contribution in [0.2, 0.25) is 5.02 Å². The molecule has 0 unspecified atom stereocenters. The summed E-state index contributed by atoms with van der Waals surface area (Å²) in [6.07, 6.45) is 1.66. The Morgan fingerprint density at radius 1 is 1.17 bits per heavy atom. The summed E-state index contributed by atoms with van der Waals surface area (Å²) in [7, 11) is 0. The molecule has 0 atom stereocenters. The predicted molar refractivity (Wildman–Crippen MR) is 96.8 cm³/mol. The van der Waals surface area contributed by atoms with E-state index in [9.17, 15) is 9.59 Å². The van der Waals surface area contributed by atoms with E-state index in [1.807, 2.05) is 17.5 Å². The summed E-state index contributed by atoms with van der Waals surface area (Å²) >= 11 is 8.83. The average Bonchev–Trinajstić information content (AvgIpc) is 3.15. The van der Waals surface area contributed by atoms with E-state index in [1.54, 1.807) is 28.1 Å². The minimum Gasteiger partial charge on any atom is -0.338 e. The zero-order valence-corrected chi connectivity index (χ0v) is 15.2. The number of thioether (sulfide) groups is 1. The number of carbonyl (C=O) groups is 2. The molecule has 3 heterocycles. The molecule has 24 heavy (non-hydrogen) atoms. The number of hydrogen-bond acceptors (Lipinski definition) is 5. The van der Waals surface area contributed by atoms with Crippen LogP contribution in [-0.2, 0) is 4.79 Å². The molecule has 0 aliphatic carbocycles. The van der Waals surface area contributed by atoms with Gasteiger partial charge in [0.25, 0.3) is 5.91 Å². The van der Waals surface area contributed by atoms with Crippen LogP contribution in [0.15, 0.2) is 40.9 Å². The molecular weight excluding hydrogens is 366 g/mol. The van der Waals surface area contributed by atoms with Gasteiger partial charge in [0, 0.05) is 32.4 Å². The highest BCUT2D eigenvalue weighted by molar-refractivity contribution is 8.00. The molecule has 1 aliphatic heterocycles. The maximum atomic E-state index is 12.3. The maximum absolute atomic E-state index is 12.3. The van der Waals surface area contributed by atoms with Gasteiger partial charge in [-0.1, -0.05) is 29.4 Å². The molecule has 5 nitrogen and oxygen atoms in total. The Labute approximate surface area is 153 Å². The van der Waals surface area contributed by atoms with Gasteiger partial charge in [-0.15, -0.1) is 11.3 Å². The highest BCUT2D eigenvalue weighted by Crippen LogP contribution is 2.24. The van der Waals surface area contributed by atoms with Crippen LogP contribution >= 0.6 is 34.7 Å². The van der Waals surface area contributed by atoms with Crippen LogP contribution < -0.4 is 0 Å². The second-order valence-corrected chi connectivity index (χ2v) is 7.55. The Morgan fingerprint density at radius 3 is 2.58 bits per heavy atom. The third-order valence-corrected chi connectivity index (χ3v) is 5.97. The summed E-state index contributed by atoms with van der Waals surface area (Å²) in [4.78, 5) is 33.1. The van der Waals surface area contributed by atoms with Crippen molar-refractivity contribution in [3.8, 4) is 0 Å². The van der Waals surface area contributed by atoms with Crippen LogP contribution in [0.25, 0.3) is 0 Å². The zero-order valence-electron chi connectivity index (χ0n) is 12.9. The fraction of sp³-hybridized carbons (Fsp3) is 0.312. The Balaban J connectivity index is 1.48. The number of rotatable bonds is 4. The first kappa shape index (κ1) is 17.3. The van der Waals surface area contributed by atoms with Gasteiger partial charge in [-0.05, 0) is 23.6 Å². The fourth-order valence-electron chi connectivity index (χ4n) is 2.41. The molecule has 0 spiro atoms. The van der Waals surface area contributed by atoms with Crippen LogP contribution in [0.1, 0.15) is 9.67 Å². The first-order chi connectivity index (χ1) is 11.6. The molecule has 1 fully saturated rings. The molecule has 2 amide bonds. The molecule has 0 radical (unpaired) electrons. The number of piperazine rings is 1. The molecule has 1 saturated heterocycles. The van der Waals surface area contributed by atoms with Crippen molar-refractivity contribution in [1.82, 2.24) is 14.8 Å². The van der Waals surface area contributed by atoms with Crippen molar-refractivity contribution in [2.45, 2.75) is 5.03 Å². The monoisotopic (exact) mass is 381 g/mol. The molecule has 0 aromatic carbocycles. The van der Waals surface area contributed by atoms with Crippen molar-refractivity contribution in [3.05, 3.63) is 45.7 Å². The minimum absolute atomic E-state index is 0.0462. The fourth-order valence-corrected chi connectivity index (χ4v) is 4.17. The lowest BCUT2D eigenvalue weighted by Gasteiger charge is -2.34. The number of carbonyl (C=O) groups excluding carboxylic acids is 2. The lowest BCUT2D eigenvalue weighted by atomic mass is 10.3. The van der Waals surface area contributed by atoms with Crippen LogP contribution in [0.3, 0.4) is 0 Å². The number of aromatic nitrogens is 1. The summed E-state index contributed by atoms with van der Waals surface area (Å²) in [5, 5.41) is 3.12. The van der Waals surface area contributed by atoms with Crippen LogP contribution in [0.5, 0.6) is 0 Å².